The molecular formula is C27H32F2N6O. The summed E-state index contributed by atoms with van der Waals surface area (Å²) in [6.07, 6.45) is 9.79. The summed E-state index contributed by atoms with van der Waals surface area (Å²) in [5, 5.41) is 0. The molecule has 9 heteroatoms. The number of ether oxygens (including phenoxy) is 1. The second-order valence-electron chi connectivity index (χ2n) is 10.1. The van der Waals surface area contributed by atoms with Gasteiger partial charge in [0.1, 0.15) is 18.1 Å². The predicted molar refractivity (Wildman–Crippen MR) is 135 cm³/mol. The van der Waals surface area contributed by atoms with Gasteiger partial charge in [0, 0.05) is 38.5 Å². The van der Waals surface area contributed by atoms with Crippen molar-refractivity contribution in [2.75, 3.05) is 24.6 Å². The normalized spacial score (nSPS) is 18.1. The Morgan fingerprint density at radius 1 is 1.22 bits per heavy atom. The Hall–Kier alpha value is -3.36. The van der Waals surface area contributed by atoms with Crippen LogP contribution >= 0.6 is 0 Å². The van der Waals surface area contributed by atoms with E-state index in [-0.39, 0.29) is 11.6 Å². The lowest BCUT2D eigenvalue weighted by molar-refractivity contribution is 0.0130. The van der Waals surface area contributed by atoms with E-state index in [1.165, 1.54) is 6.20 Å². The van der Waals surface area contributed by atoms with Gasteiger partial charge in [-0.25, -0.2) is 15.0 Å². The minimum Gasteiger partial charge on any atom is -0.486 e. The molecule has 0 aromatic carbocycles. The third kappa shape index (κ3) is 4.83. The molecule has 36 heavy (non-hydrogen) atoms. The largest absolute Gasteiger partial charge is 0.486 e. The van der Waals surface area contributed by atoms with E-state index in [9.17, 15) is 8.78 Å². The van der Waals surface area contributed by atoms with Crippen molar-refractivity contribution in [3.8, 4) is 17.1 Å². The van der Waals surface area contributed by atoms with E-state index in [2.05, 4.69) is 39.8 Å². The molecule has 0 N–H and O–H groups in total. The molecular weight excluding hydrogens is 462 g/mol. The van der Waals surface area contributed by atoms with E-state index >= 15 is 0 Å². The number of aryl methyl sites for hydroxylation is 1. The van der Waals surface area contributed by atoms with Gasteiger partial charge in [-0.2, -0.15) is 8.78 Å². The maximum Gasteiger partial charge on any atom is 0.288 e. The Bertz CT molecular complexity index is 1280. The Kier molecular flexibility index (Phi) is 6.49. The first-order valence-corrected chi connectivity index (χ1v) is 12.5. The zero-order valence-electron chi connectivity index (χ0n) is 21.2. The lowest BCUT2D eigenvalue weighted by Crippen LogP contribution is -2.37. The number of hydrogen-bond donors (Lipinski definition) is 0. The SMILES string of the molecule is CC(C)c1ncccc1-c1ncc2c(n1)N(CC1CC=C(c3nc(C(C)(F)F)cn3C)CC1)CCO2. The van der Waals surface area contributed by atoms with Gasteiger partial charge < -0.3 is 14.2 Å². The quantitative estimate of drug-likeness (QED) is 0.445. The van der Waals surface area contributed by atoms with Gasteiger partial charge >= 0.3 is 0 Å². The highest BCUT2D eigenvalue weighted by atomic mass is 19.3. The van der Waals surface area contributed by atoms with Gasteiger partial charge in [-0.1, -0.05) is 19.9 Å². The van der Waals surface area contributed by atoms with E-state index in [4.69, 9.17) is 9.72 Å². The molecule has 0 fully saturated rings. The molecule has 0 saturated carbocycles. The average molecular weight is 495 g/mol. The zero-order chi connectivity index (χ0) is 25.4. The lowest BCUT2D eigenvalue weighted by atomic mass is 9.88. The number of nitrogens with zero attached hydrogens (tertiary/aromatic N) is 6. The molecule has 3 aromatic heterocycles. The monoisotopic (exact) mass is 494 g/mol. The Morgan fingerprint density at radius 3 is 2.75 bits per heavy atom. The van der Waals surface area contributed by atoms with Crippen molar-refractivity contribution < 1.29 is 13.5 Å². The summed E-state index contributed by atoms with van der Waals surface area (Å²) in [5.74, 6) is 0.558. The van der Waals surface area contributed by atoms with Gasteiger partial charge in [0.05, 0.1) is 18.4 Å². The highest BCUT2D eigenvalue weighted by molar-refractivity contribution is 5.64. The van der Waals surface area contributed by atoms with Crippen molar-refractivity contribution >= 4 is 11.4 Å². The fraction of sp³-hybridized carbons (Fsp3) is 0.481. The van der Waals surface area contributed by atoms with Gasteiger partial charge in [-0.3, -0.25) is 4.98 Å². The van der Waals surface area contributed by atoms with Crippen LogP contribution in [-0.4, -0.2) is 44.2 Å². The number of alkyl halides is 2. The molecule has 0 amide bonds. The highest BCUT2D eigenvalue weighted by Crippen LogP contribution is 2.36. The van der Waals surface area contributed by atoms with Crippen molar-refractivity contribution in [1.82, 2.24) is 24.5 Å². The smallest absolute Gasteiger partial charge is 0.288 e. The fourth-order valence-corrected chi connectivity index (χ4v) is 4.98. The number of allylic oxidation sites excluding steroid dienone is 2. The third-order valence-corrected chi connectivity index (χ3v) is 6.89. The van der Waals surface area contributed by atoms with Crippen LogP contribution in [-0.2, 0) is 13.0 Å². The molecule has 4 heterocycles. The maximum atomic E-state index is 13.7. The number of aromatic nitrogens is 5. The number of imidazole rings is 1. The van der Waals surface area contributed by atoms with Crippen LogP contribution in [0, 0.1) is 5.92 Å². The first-order chi connectivity index (χ1) is 17.2. The maximum absolute atomic E-state index is 13.7. The molecule has 3 aromatic rings. The Morgan fingerprint density at radius 2 is 2.06 bits per heavy atom. The van der Waals surface area contributed by atoms with Crippen molar-refractivity contribution in [3.63, 3.8) is 0 Å². The zero-order valence-corrected chi connectivity index (χ0v) is 21.2. The van der Waals surface area contributed by atoms with E-state index in [0.717, 1.165) is 61.9 Å². The molecule has 0 bridgehead atoms. The molecule has 1 aliphatic heterocycles. The summed E-state index contributed by atoms with van der Waals surface area (Å²) in [6.45, 7) is 7.31. The molecule has 7 nitrogen and oxygen atoms in total. The lowest BCUT2D eigenvalue weighted by Gasteiger charge is -2.34. The number of fused-ring (bicyclic) bond motifs is 1. The Balaban J connectivity index is 1.34. The summed E-state index contributed by atoms with van der Waals surface area (Å²) in [4.78, 5) is 20.6. The summed E-state index contributed by atoms with van der Waals surface area (Å²) in [7, 11) is 1.78. The first-order valence-electron chi connectivity index (χ1n) is 12.5. The van der Waals surface area contributed by atoms with E-state index in [0.29, 0.717) is 29.9 Å². The van der Waals surface area contributed by atoms with Crippen LogP contribution in [0.2, 0.25) is 0 Å². The number of anilines is 1. The number of hydrogen-bond acceptors (Lipinski definition) is 6. The van der Waals surface area contributed by atoms with E-state index in [1.54, 1.807) is 24.0 Å². The number of pyridine rings is 1. The second kappa shape index (κ2) is 9.59. The Labute approximate surface area is 210 Å². The third-order valence-electron chi connectivity index (χ3n) is 6.89. The van der Waals surface area contributed by atoms with Crippen LogP contribution in [0.3, 0.4) is 0 Å². The average Bonchev–Trinajstić information content (AvgIpc) is 3.26. The second-order valence-corrected chi connectivity index (χ2v) is 10.1. The van der Waals surface area contributed by atoms with Gasteiger partial charge in [-0.15, -0.1) is 0 Å². The molecule has 0 radical (unpaired) electrons. The number of halogens is 2. The van der Waals surface area contributed by atoms with Crippen molar-refractivity contribution in [3.05, 3.63) is 54.0 Å². The molecule has 1 aliphatic carbocycles. The van der Waals surface area contributed by atoms with Crippen LogP contribution in [0.5, 0.6) is 5.75 Å². The minimum absolute atomic E-state index is 0.183. The van der Waals surface area contributed by atoms with Crippen LogP contribution in [0.15, 0.2) is 36.8 Å². The van der Waals surface area contributed by atoms with Crippen LogP contribution < -0.4 is 9.64 Å². The van der Waals surface area contributed by atoms with Crippen LogP contribution in [0.4, 0.5) is 14.6 Å². The molecule has 1 unspecified atom stereocenters. The molecule has 5 rings (SSSR count). The summed E-state index contributed by atoms with van der Waals surface area (Å²) in [6, 6.07) is 3.93. The first kappa shape index (κ1) is 24.3. The van der Waals surface area contributed by atoms with E-state index in [1.807, 2.05) is 12.1 Å². The summed E-state index contributed by atoms with van der Waals surface area (Å²) < 4.78 is 35.0. The molecule has 2 aliphatic rings. The highest BCUT2D eigenvalue weighted by Gasteiger charge is 2.30. The van der Waals surface area contributed by atoms with E-state index < -0.39 is 5.92 Å². The van der Waals surface area contributed by atoms with Crippen molar-refractivity contribution in [2.24, 2.45) is 13.0 Å². The van der Waals surface area contributed by atoms with Crippen molar-refractivity contribution in [2.45, 2.75) is 51.9 Å². The molecule has 190 valence electrons. The predicted octanol–water partition coefficient (Wildman–Crippen LogP) is 5.59. The van der Waals surface area contributed by atoms with Gasteiger partial charge in [-0.05, 0) is 48.8 Å². The molecule has 0 spiro atoms. The van der Waals surface area contributed by atoms with Gasteiger partial charge in [0.25, 0.3) is 5.92 Å². The minimum atomic E-state index is -2.94. The summed E-state index contributed by atoms with van der Waals surface area (Å²) in [5.41, 5.74) is 2.77. The van der Waals surface area contributed by atoms with Crippen LogP contribution in [0.1, 0.15) is 63.2 Å². The summed E-state index contributed by atoms with van der Waals surface area (Å²) >= 11 is 0. The van der Waals surface area contributed by atoms with Gasteiger partial charge in [0.2, 0.25) is 0 Å². The van der Waals surface area contributed by atoms with Crippen LogP contribution in [0.25, 0.3) is 17.0 Å². The fourth-order valence-electron chi connectivity index (χ4n) is 4.98. The van der Waals surface area contributed by atoms with Gasteiger partial charge in [0.15, 0.2) is 17.4 Å². The van der Waals surface area contributed by atoms with Crippen molar-refractivity contribution in [1.29, 1.82) is 0 Å². The standard InChI is InChI=1S/C27H32F2N6O/c1-17(2)23-20(6-5-11-30-23)24-31-14-21-26(33-24)35(12-13-36-21)15-18-7-9-19(10-8-18)25-32-22(16-34(25)4)27(3,28)29/h5-6,9,11,14,16-18H,7-8,10,12-13,15H2,1-4H3. The number of rotatable bonds is 6. The molecule has 1 atom stereocenters. The topological polar surface area (TPSA) is 69.0 Å². The molecule has 0 saturated heterocycles.